The predicted octanol–water partition coefficient (Wildman–Crippen LogP) is 2.36. The van der Waals surface area contributed by atoms with Crippen molar-refractivity contribution in [2.45, 2.75) is 0 Å². The number of carboxylic acids is 1. The predicted molar refractivity (Wildman–Crippen MR) is 68.1 cm³/mol. The van der Waals surface area contributed by atoms with Gasteiger partial charge in [0, 0.05) is 0 Å². The van der Waals surface area contributed by atoms with Crippen molar-refractivity contribution in [3.8, 4) is 0 Å². The summed E-state index contributed by atoms with van der Waals surface area (Å²) in [6, 6.07) is 2.63. The number of halogens is 3. The number of carboxylic acid groups (broad SMARTS) is 1. The lowest BCUT2D eigenvalue weighted by Gasteiger charge is -2.05. The Kier molecular flexibility index (Phi) is 4.48. The lowest BCUT2D eigenvalue weighted by Crippen LogP contribution is -2.13. The summed E-state index contributed by atoms with van der Waals surface area (Å²) in [4.78, 5) is 14.5. The van der Waals surface area contributed by atoms with Crippen molar-refractivity contribution in [2.24, 2.45) is 10.7 Å². The molecule has 0 radical (unpaired) electrons. The number of benzene rings is 1. The number of aliphatic imine (C=N–C) groups is 1. The highest BCUT2D eigenvalue weighted by atomic mass is 127. The molecule has 0 saturated heterocycles. The van der Waals surface area contributed by atoms with E-state index in [2.05, 4.69) is 4.99 Å². The van der Waals surface area contributed by atoms with Gasteiger partial charge in [0.15, 0.2) is 5.82 Å². The molecule has 86 valence electrons. The number of aromatic carboxylic acids is 1. The van der Waals surface area contributed by atoms with E-state index in [1.54, 1.807) is 22.6 Å². The van der Waals surface area contributed by atoms with Gasteiger partial charge in [0.2, 0.25) is 0 Å². The van der Waals surface area contributed by atoms with Crippen molar-refractivity contribution in [1.82, 2.24) is 0 Å². The molecule has 0 aromatic heterocycles. The van der Waals surface area contributed by atoms with Gasteiger partial charge >= 0.3 is 5.97 Å². The van der Waals surface area contributed by atoms with Crippen molar-refractivity contribution in [1.29, 1.82) is 0 Å². The first-order valence-corrected chi connectivity index (χ1v) is 5.69. The molecule has 0 aliphatic rings. The first-order valence-electron chi connectivity index (χ1n) is 4.07. The number of nitrogens with zero attached hydrogens (tertiary/aromatic N) is 1. The maximum absolute atomic E-state index is 13.6. The summed E-state index contributed by atoms with van der Waals surface area (Å²) >= 11 is 7.14. The van der Waals surface area contributed by atoms with Gasteiger partial charge in [-0.2, -0.15) is 0 Å². The second-order valence-electron chi connectivity index (χ2n) is 2.80. The van der Waals surface area contributed by atoms with E-state index in [-0.39, 0.29) is 26.5 Å². The molecule has 3 N–H and O–H groups in total. The maximum Gasteiger partial charge on any atom is 0.338 e. The van der Waals surface area contributed by atoms with E-state index in [0.717, 1.165) is 0 Å². The van der Waals surface area contributed by atoms with E-state index in [4.69, 9.17) is 22.4 Å². The molecule has 0 aliphatic heterocycles. The highest BCUT2D eigenvalue weighted by Crippen LogP contribution is 2.27. The van der Waals surface area contributed by atoms with E-state index in [1.807, 2.05) is 0 Å². The Morgan fingerprint density at radius 2 is 2.25 bits per heavy atom. The topological polar surface area (TPSA) is 75.7 Å². The van der Waals surface area contributed by atoms with Gasteiger partial charge in [-0.25, -0.2) is 14.2 Å². The quantitative estimate of drug-likeness (QED) is 0.378. The molecule has 0 bridgehead atoms. The number of hydrogen-bond acceptors (Lipinski definition) is 2. The molecule has 0 spiro atoms. The van der Waals surface area contributed by atoms with Crippen LogP contribution in [0, 0.1) is 9.39 Å². The minimum absolute atomic E-state index is 0.0370. The zero-order chi connectivity index (χ0) is 12.3. The fourth-order valence-corrected chi connectivity index (χ4v) is 1.49. The largest absolute Gasteiger partial charge is 0.478 e. The van der Waals surface area contributed by atoms with Crippen LogP contribution in [0.2, 0.25) is 0 Å². The van der Waals surface area contributed by atoms with Gasteiger partial charge < -0.3 is 10.8 Å². The maximum atomic E-state index is 13.6. The average Bonchev–Trinajstić information content (AvgIpc) is 2.24. The standard InChI is InChI=1S/C9H7ClFIN2O2/c10-3-6(13)14-8-4(9(15)16)1-2-5(12)7(8)11/h1-2H,3H2,(H2,13,14)(H,15,16). The highest BCUT2D eigenvalue weighted by Gasteiger charge is 2.16. The Hall–Kier alpha value is -0.890. The number of hydrogen-bond donors (Lipinski definition) is 2. The lowest BCUT2D eigenvalue weighted by molar-refractivity contribution is 0.0697. The Morgan fingerprint density at radius 3 is 2.75 bits per heavy atom. The van der Waals surface area contributed by atoms with Crippen LogP contribution in [-0.2, 0) is 0 Å². The van der Waals surface area contributed by atoms with Crippen LogP contribution in [0.4, 0.5) is 10.1 Å². The Morgan fingerprint density at radius 1 is 1.62 bits per heavy atom. The van der Waals surface area contributed by atoms with E-state index in [1.165, 1.54) is 12.1 Å². The van der Waals surface area contributed by atoms with Crippen LogP contribution in [0.3, 0.4) is 0 Å². The first kappa shape index (κ1) is 13.2. The minimum atomic E-state index is -1.27. The molecule has 0 amide bonds. The molecule has 7 heteroatoms. The normalized spacial score (nSPS) is 11.6. The summed E-state index contributed by atoms with van der Waals surface area (Å²) in [5, 5.41) is 8.85. The van der Waals surface area contributed by atoms with Crippen LogP contribution in [0.1, 0.15) is 10.4 Å². The van der Waals surface area contributed by atoms with Crippen molar-refractivity contribution < 1.29 is 14.3 Å². The molecule has 0 fully saturated rings. The molecule has 0 saturated carbocycles. The van der Waals surface area contributed by atoms with Crippen LogP contribution in [0.25, 0.3) is 0 Å². The summed E-state index contributed by atoms with van der Waals surface area (Å²) in [6.07, 6.45) is 0. The van der Waals surface area contributed by atoms with E-state index in [9.17, 15) is 9.18 Å². The van der Waals surface area contributed by atoms with Crippen molar-refractivity contribution in [3.05, 3.63) is 27.1 Å². The summed E-state index contributed by atoms with van der Waals surface area (Å²) in [7, 11) is 0. The second-order valence-corrected chi connectivity index (χ2v) is 4.23. The molecular weight excluding hydrogens is 349 g/mol. The Balaban J connectivity index is 3.43. The molecule has 0 atom stereocenters. The number of carbonyl (C=O) groups is 1. The molecular formula is C9H7ClFIN2O2. The number of rotatable bonds is 3. The van der Waals surface area contributed by atoms with E-state index in [0.29, 0.717) is 0 Å². The Bertz CT molecular complexity index is 465. The molecule has 1 rings (SSSR count). The number of alkyl halides is 1. The van der Waals surface area contributed by atoms with Gasteiger partial charge in [-0.15, -0.1) is 11.6 Å². The summed E-state index contributed by atoms with van der Waals surface area (Å²) in [5.74, 6) is -2.11. The minimum Gasteiger partial charge on any atom is -0.478 e. The van der Waals surface area contributed by atoms with Crippen molar-refractivity contribution in [3.63, 3.8) is 0 Å². The van der Waals surface area contributed by atoms with Gasteiger partial charge in [0.25, 0.3) is 0 Å². The second kappa shape index (κ2) is 5.44. The van der Waals surface area contributed by atoms with Gasteiger partial charge in [-0.3, -0.25) is 0 Å². The molecule has 1 aromatic carbocycles. The van der Waals surface area contributed by atoms with Crippen LogP contribution in [0.5, 0.6) is 0 Å². The number of amidine groups is 1. The van der Waals surface area contributed by atoms with Crippen LogP contribution < -0.4 is 5.73 Å². The third kappa shape index (κ3) is 2.82. The summed E-state index contributed by atoms with van der Waals surface area (Å²) < 4.78 is 13.9. The highest BCUT2D eigenvalue weighted by molar-refractivity contribution is 14.1. The third-order valence-electron chi connectivity index (χ3n) is 1.69. The fraction of sp³-hybridized carbons (Fsp3) is 0.111. The van der Waals surface area contributed by atoms with E-state index >= 15 is 0 Å². The number of nitrogens with two attached hydrogens (primary N) is 1. The molecule has 1 aromatic rings. The summed E-state index contributed by atoms with van der Waals surface area (Å²) in [6.45, 7) is 0. The van der Waals surface area contributed by atoms with E-state index < -0.39 is 11.8 Å². The van der Waals surface area contributed by atoms with Crippen LogP contribution in [-0.4, -0.2) is 22.8 Å². The van der Waals surface area contributed by atoms with Gasteiger partial charge in [-0.1, -0.05) is 0 Å². The van der Waals surface area contributed by atoms with Crippen LogP contribution in [0.15, 0.2) is 17.1 Å². The molecule has 0 heterocycles. The van der Waals surface area contributed by atoms with Crippen molar-refractivity contribution >= 4 is 51.7 Å². The average molecular weight is 357 g/mol. The van der Waals surface area contributed by atoms with Gasteiger partial charge in [-0.05, 0) is 34.7 Å². The fourth-order valence-electron chi connectivity index (χ4n) is 0.995. The smallest absolute Gasteiger partial charge is 0.338 e. The zero-order valence-corrected chi connectivity index (χ0v) is 10.8. The van der Waals surface area contributed by atoms with Gasteiger partial charge in [0.05, 0.1) is 15.0 Å². The molecule has 16 heavy (non-hydrogen) atoms. The van der Waals surface area contributed by atoms with Crippen LogP contribution >= 0.6 is 34.2 Å². The Labute approximate surface area is 109 Å². The third-order valence-corrected chi connectivity index (χ3v) is 2.80. The van der Waals surface area contributed by atoms with Gasteiger partial charge in [0.1, 0.15) is 11.5 Å². The first-order chi connectivity index (χ1) is 7.47. The lowest BCUT2D eigenvalue weighted by atomic mass is 10.2. The molecule has 0 aliphatic carbocycles. The van der Waals surface area contributed by atoms with Crippen molar-refractivity contribution in [2.75, 3.05) is 5.88 Å². The SMILES string of the molecule is NC(CCl)=Nc1c(C(=O)O)ccc(I)c1F. The monoisotopic (exact) mass is 356 g/mol. The zero-order valence-electron chi connectivity index (χ0n) is 7.88. The molecule has 4 nitrogen and oxygen atoms in total. The molecule has 0 unspecified atom stereocenters. The summed E-state index contributed by atoms with van der Waals surface area (Å²) in [5.41, 5.74) is 4.81.